The smallest absolute Gasteiger partial charge is 0.191 e. The van der Waals surface area contributed by atoms with E-state index in [1.165, 1.54) is 6.07 Å². The number of benzene rings is 4. The molecule has 6 heteroatoms. The molecule has 37 heavy (non-hydrogen) atoms. The maximum atomic E-state index is 14.3. The number of rotatable bonds is 4. The maximum absolute atomic E-state index is 14.3. The van der Waals surface area contributed by atoms with Crippen molar-refractivity contribution in [1.82, 2.24) is 5.01 Å². The number of ketones is 1. The first-order valence-electron chi connectivity index (χ1n) is 12.2. The summed E-state index contributed by atoms with van der Waals surface area (Å²) >= 11 is 6.13. The van der Waals surface area contributed by atoms with E-state index in [0.717, 1.165) is 28.2 Å². The van der Waals surface area contributed by atoms with Crippen LogP contribution in [0.25, 0.3) is 0 Å². The average molecular weight is 511 g/mol. The normalized spacial score (nSPS) is 20.4. The van der Waals surface area contributed by atoms with Gasteiger partial charge in [-0.2, -0.15) is 5.10 Å². The van der Waals surface area contributed by atoms with Crippen LogP contribution in [0.2, 0.25) is 5.02 Å². The van der Waals surface area contributed by atoms with Gasteiger partial charge in [0.25, 0.3) is 0 Å². The largest absolute Gasteiger partial charge is 0.483 e. The number of aryl methyl sites for hydroxylation is 1. The topological polar surface area (TPSA) is 41.9 Å². The molecule has 0 fully saturated rings. The molecule has 0 aromatic heterocycles. The van der Waals surface area contributed by atoms with Gasteiger partial charge in [-0.25, -0.2) is 4.39 Å². The highest BCUT2D eigenvalue weighted by Gasteiger charge is 2.46. The standard InChI is InChI=1S/C31H24ClFN2O2/c1-19-17-22(13-16-25(19)33)30(36)29-31(21-7-3-2-4-8-21)37-28-10-6-5-9-24(28)27-18-26(34-35(27)29)20-11-14-23(32)15-12-20/h2-17,27,29,31H,18H2,1H3/t27?,29-,31-/m0/s1. The Labute approximate surface area is 220 Å². The summed E-state index contributed by atoms with van der Waals surface area (Å²) in [6.45, 7) is 1.66. The third-order valence-electron chi connectivity index (χ3n) is 7.06. The molecule has 0 N–H and O–H groups in total. The van der Waals surface area contributed by atoms with Gasteiger partial charge in [0.15, 0.2) is 17.9 Å². The van der Waals surface area contributed by atoms with Gasteiger partial charge in [-0.3, -0.25) is 9.80 Å². The minimum Gasteiger partial charge on any atom is -0.483 e. The van der Waals surface area contributed by atoms with Crippen LogP contribution in [0.15, 0.2) is 102 Å². The molecule has 1 unspecified atom stereocenters. The molecular formula is C31H24ClFN2O2. The molecule has 4 aromatic carbocycles. The Kier molecular flexibility index (Phi) is 6.01. The Bertz CT molecular complexity index is 1500. The Morgan fingerprint density at radius 2 is 1.70 bits per heavy atom. The quantitative estimate of drug-likeness (QED) is 0.270. The SMILES string of the molecule is Cc1cc(C(=O)[C@H]2[C@H](c3ccccc3)Oc3ccccc3C3CC(c4ccc(Cl)cc4)=NN32)ccc1F. The molecule has 0 bridgehead atoms. The zero-order valence-corrected chi connectivity index (χ0v) is 20.9. The third kappa shape index (κ3) is 4.30. The molecule has 0 amide bonds. The lowest BCUT2D eigenvalue weighted by Crippen LogP contribution is -2.43. The van der Waals surface area contributed by atoms with E-state index in [-0.39, 0.29) is 17.6 Å². The number of para-hydroxylation sites is 1. The van der Waals surface area contributed by atoms with E-state index >= 15 is 0 Å². The van der Waals surface area contributed by atoms with Crippen molar-refractivity contribution in [1.29, 1.82) is 0 Å². The number of Topliss-reactive ketones (excluding diaryl/α,β-unsaturated/α-hetero) is 1. The van der Waals surface area contributed by atoms with E-state index in [2.05, 4.69) is 0 Å². The number of hydrogen-bond donors (Lipinski definition) is 0. The molecule has 2 aliphatic heterocycles. The van der Waals surface area contributed by atoms with E-state index in [1.54, 1.807) is 19.1 Å². The summed E-state index contributed by atoms with van der Waals surface area (Å²) in [5.74, 6) is 0.211. The summed E-state index contributed by atoms with van der Waals surface area (Å²) in [4.78, 5) is 14.3. The van der Waals surface area contributed by atoms with E-state index < -0.39 is 12.1 Å². The number of hydrogen-bond acceptors (Lipinski definition) is 4. The summed E-state index contributed by atoms with van der Waals surface area (Å²) in [7, 11) is 0. The van der Waals surface area contributed by atoms with E-state index in [1.807, 2.05) is 83.9 Å². The van der Waals surface area contributed by atoms with Gasteiger partial charge < -0.3 is 4.74 Å². The van der Waals surface area contributed by atoms with Crippen LogP contribution in [0.3, 0.4) is 0 Å². The highest BCUT2D eigenvalue weighted by molar-refractivity contribution is 6.30. The average Bonchev–Trinajstić information content (AvgIpc) is 3.30. The van der Waals surface area contributed by atoms with Crippen molar-refractivity contribution in [3.63, 3.8) is 0 Å². The van der Waals surface area contributed by atoms with E-state index in [9.17, 15) is 9.18 Å². The molecule has 4 aromatic rings. The molecule has 4 nitrogen and oxygen atoms in total. The number of halogens is 2. The number of carbonyl (C=O) groups is 1. The van der Waals surface area contributed by atoms with Crippen molar-refractivity contribution < 1.29 is 13.9 Å². The third-order valence-corrected chi connectivity index (χ3v) is 7.31. The van der Waals surface area contributed by atoms with E-state index in [4.69, 9.17) is 21.4 Å². The Hall–Kier alpha value is -3.96. The number of nitrogens with zero attached hydrogens (tertiary/aromatic N) is 2. The Balaban J connectivity index is 1.53. The van der Waals surface area contributed by atoms with Gasteiger partial charge in [-0.05, 0) is 60.0 Å². The Morgan fingerprint density at radius 1 is 0.973 bits per heavy atom. The molecular weight excluding hydrogens is 487 g/mol. The maximum Gasteiger partial charge on any atom is 0.191 e. The fourth-order valence-electron chi connectivity index (χ4n) is 5.18. The van der Waals surface area contributed by atoms with Crippen molar-refractivity contribution >= 4 is 23.1 Å². The minimum atomic E-state index is -0.769. The molecule has 2 heterocycles. The van der Waals surface area contributed by atoms with Crippen LogP contribution in [0, 0.1) is 12.7 Å². The van der Waals surface area contributed by atoms with Gasteiger partial charge in [0, 0.05) is 22.6 Å². The summed E-state index contributed by atoms with van der Waals surface area (Å²) in [5.41, 5.74) is 4.51. The zero-order valence-electron chi connectivity index (χ0n) is 20.1. The van der Waals surface area contributed by atoms with Gasteiger partial charge in [0.2, 0.25) is 0 Å². The summed E-state index contributed by atoms with van der Waals surface area (Å²) < 4.78 is 20.7. The molecule has 3 atom stereocenters. The Morgan fingerprint density at radius 3 is 2.46 bits per heavy atom. The first kappa shape index (κ1) is 23.4. The number of hydrazone groups is 1. The second-order valence-corrected chi connectivity index (χ2v) is 9.85. The molecule has 6 rings (SSSR count). The summed E-state index contributed by atoms with van der Waals surface area (Å²) in [5, 5.41) is 7.59. The van der Waals surface area contributed by atoms with Crippen LogP contribution in [0.4, 0.5) is 4.39 Å². The summed E-state index contributed by atoms with van der Waals surface area (Å²) in [6.07, 6.45) is -0.0195. The van der Waals surface area contributed by atoms with Gasteiger partial charge in [-0.1, -0.05) is 72.3 Å². The molecule has 2 aliphatic rings. The first-order chi connectivity index (χ1) is 18.0. The van der Waals surface area contributed by atoms with Crippen molar-refractivity contribution in [2.75, 3.05) is 0 Å². The lowest BCUT2D eigenvalue weighted by Gasteiger charge is -2.33. The first-order valence-corrected chi connectivity index (χ1v) is 12.6. The van der Waals surface area contributed by atoms with Crippen LogP contribution < -0.4 is 4.74 Å². The van der Waals surface area contributed by atoms with Crippen LogP contribution in [-0.2, 0) is 0 Å². The van der Waals surface area contributed by atoms with Crippen LogP contribution in [-0.4, -0.2) is 22.5 Å². The minimum absolute atomic E-state index is 0.170. The number of carbonyl (C=O) groups excluding carboxylic acids is 1. The van der Waals surface area contributed by atoms with Crippen LogP contribution in [0.5, 0.6) is 5.75 Å². The predicted octanol–water partition coefficient (Wildman–Crippen LogP) is 7.32. The van der Waals surface area contributed by atoms with Crippen LogP contribution in [0.1, 0.15) is 51.2 Å². The van der Waals surface area contributed by atoms with Gasteiger partial charge in [-0.15, -0.1) is 0 Å². The monoisotopic (exact) mass is 510 g/mol. The van der Waals surface area contributed by atoms with Crippen molar-refractivity contribution in [3.05, 3.63) is 136 Å². The molecule has 0 spiro atoms. The zero-order chi connectivity index (χ0) is 25.5. The van der Waals surface area contributed by atoms with Gasteiger partial charge in [0.05, 0.1) is 11.8 Å². The fourth-order valence-corrected chi connectivity index (χ4v) is 5.30. The van der Waals surface area contributed by atoms with E-state index in [0.29, 0.717) is 22.6 Å². The molecule has 0 saturated carbocycles. The van der Waals surface area contributed by atoms with Crippen molar-refractivity contribution in [2.45, 2.75) is 31.5 Å². The van der Waals surface area contributed by atoms with Gasteiger partial charge >= 0.3 is 0 Å². The van der Waals surface area contributed by atoms with Crippen molar-refractivity contribution in [2.24, 2.45) is 5.10 Å². The highest BCUT2D eigenvalue weighted by atomic mass is 35.5. The molecule has 184 valence electrons. The molecule has 0 aliphatic carbocycles. The second-order valence-electron chi connectivity index (χ2n) is 9.41. The molecule has 0 saturated heterocycles. The second kappa shape index (κ2) is 9.49. The number of fused-ring (bicyclic) bond motifs is 3. The fraction of sp³-hybridized carbons (Fsp3) is 0.161. The number of ether oxygens (including phenoxy) is 1. The lowest BCUT2D eigenvalue weighted by molar-refractivity contribution is 0.0488. The van der Waals surface area contributed by atoms with Gasteiger partial charge in [0.1, 0.15) is 11.6 Å². The van der Waals surface area contributed by atoms with Crippen LogP contribution >= 0.6 is 11.6 Å². The highest BCUT2D eigenvalue weighted by Crippen LogP contribution is 2.46. The lowest BCUT2D eigenvalue weighted by atomic mass is 9.92. The van der Waals surface area contributed by atoms with Crippen molar-refractivity contribution in [3.8, 4) is 5.75 Å². The molecule has 0 radical (unpaired) electrons. The summed E-state index contributed by atoms with van der Waals surface area (Å²) in [6, 6.07) is 28.7. The predicted molar refractivity (Wildman–Crippen MR) is 143 cm³/mol.